The summed E-state index contributed by atoms with van der Waals surface area (Å²) in [4.78, 5) is 51.8. The van der Waals surface area contributed by atoms with E-state index < -0.39 is 24.4 Å². The van der Waals surface area contributed by atoms with E-state index in [2.05, 4.69) is 0 Å². The van der Waals surface area contributed by atoms with E-state index in [0.717, 1.165) is 58.6 Å². The molecule has 1 saturated heterocycles. The smallest absolute Gasteiger partial charge is 0.292 e. The molecule has 1 aromatic rings. The normalized spacial score (nSPS) is 18.8. The highest BCUT2D eigenvalue weighted by atomic mass is 16.2. The van der Waals surface area contributed by atoms with Gasteiger partial charge in [-0.15, -0.1) is 0 Å². The number of carbonyl (C=O) groups excluding carboxylic acids is 4. The molecule has 6 nitrogen and oxygen atoms in total. The third-order valence-corrected chi connectivity index (χ3v) is 5.47. The molecule has 2 fully saturated rings. The third kappa shape index (κ3) is 3.16. The molecule has 0 unspecified atom stereocenters. The van der Waals surface area contributed by atoms with Crippen LogP contribution in [0.4, 0.5) is 4.79 Å². The van der Waals surface area contributed by atoms with Crippen LogP contribution in [0.1, 0.15) is 59.2 Å². The molecule has 0 spiro atoms. The first-order valence-corrected chi connectivity index (χ1v) is 9.11. The lowest BCUT2D eigenvalue weighted by Crippen LogP contribution is -2.43. The predicted molar refractivity (Wildman–Crippen MR) is 95.8 cm³/mol. The minimum Gasteiger partial charge on any atom is -0.292 e. The van der Waals surface area contributed by atoms with Crippen LogP contribution in [0.15, 0.2) is 12.1 Å². The highest BCUT2D eigenvalue weighted by Crippen LogP contribution is 2.27. The Balaban J connectivity index is 1.80. The Morgan fingerprint density at radius 3 is 2.19 bits per heavy atom. The van der Waals surface area contributed by atoms with Crippen LogP contribution in [0.2, 0.25) is 0 Å². The van der Waals surface area contributed by atoms with Gasteiger partial charge in [0.15, 0.2) is 5.78 Å². The van der Waals surface area contributed by atoms with Crippen LogP contribution in [0.5, 0.6) is 0 Å². The lowest BCUT2D eigenvalue weighted by atomic mass is 9.94. The second kappa shape index (κ2) is 7.02. The van der Waals surface area contributed by atoms with Crippen LogP contribution >= 0.6 is 0 Å². The van der Waals surface area contributed by atoms with E-state index in [1.54, 1.807) is 6.07 Å². The standard InChI is InChI=1S/C20H24N2O4/c1-12-9-14(3)16(10-13(12)2)17(23)11-21-18(24)19(25)22(20(21)26)15-7-5-4-6-8-15/h9-10,15H,4-8,11H2,1-3H3. The van der Waals surface area contributed by atoms with E-state index in [4.69, 9.17) is 0 Å². The molecule has 0 N–H and O–H groups in total. The number of hydrogen-bond donors (Lipinski definition) is 0. The van der Waals surface area contributed by atoms with Gasteiger partial charge in [-0.05, 0) is 56.4 Å². The van der Waals surface area contributed by atoms with Crippen LogP contribution in [0.25, 0.3) is 0 Å². The first-order chi connectivity index (χ1) is 12.3. The number of benzene rings is 1. The fraction of sp³-hybridized carbons (Fsp3) is 0.500. The summed E-state index contributed by atoms with van der Waals surface area (Å²) in [5, 5.41) is 0. The van der Waals surface area contributed by atoms with Crippen molar-refractivity contribution in [1.29, 1.82) is 0 Å². The highest BCUT2D eigenvalue weighted by Gasteiger charge is 2.48. The monoisotopic (exact) mass is 356 g/mol. The highest BCUT2D eigenvalue weighted by molar-refractivity contribution is 6.45. The molecule has 0 bridgehead atoms. The Morgan fingerprint density at radius 1 is 0.923 bits per heavy atom. The maximum Gasteiger partial charge on any atom is 0.334 e. The average Bonchev–Trinajstić information content (AvgIpc) is 2.82. The number of imide groups is 2. The first-order valence-electron chi connectivity index (χ1n) is 9.11. The van der Waals surface area contributed by atoms with E-state index >= 15 is 0 Å². The second-order valence-corrected chi connectivity index (χ2v) is 7.32. The average molecular weight is 356 g/mol. The van der Waals surface area contributed by atoms with Gasteiger partial charge in [-0.25, -0.2) is 9.69 Å². The number of urea groups is 1. The Morgan fingerprint density at radius 2 is 1.54 bits per heavy atom. The zero-order valence-corrected chi connectivity index (χ0v) is 15.5. The fourth-order valence-electron chi connectivity index (χ4n) is 3.81. The van der Waals surface area contributed by atoms with Crippen molar-refractivity contribution in [2.75, 3.05) is 6.54 Å². The molecule has 1 heterocycles. The Labute approximate surface area is 153 Å². The van der Waals surface area contributed by atoms with Gasteiger partial charge in [0.25, 0.3) is 0 Å². The summed E-state index contributed by atoms with van der Waals surface area (Å²) in [5.74, 6) is -2.02. The third-order valence-electron chi connectivity index (χ3n) is 5.47. The Kier molecular flexibility index (Phi) is 4.94. The molecule has 0 aromatic heterocycles. The van der Waals surface area contributed by atoms with E-state index in [0.29, 0.717) is 5.56 Å². The minimum atomic E-state index is -0.893. The molecule has 1 aromatic carbocycles. The number of aryl methyl sites for hydroxylation is 3. The maximum absolute atomic E-state index is 12.7. The number of ketones is 1. The van der Waals surface area contributed by atoms with Crippen molar-refractivity contribution in [3.8, 4) is 0 Å². The molecule has 4 amide bonds. The van der Waals surface area contributed by atoms with Crippen molar-refractivity contribution in [1.82, 2.24) is 9.80 Å². The SMILES string of the molecule is Cc1cc(C)c(C(=O)CN2C(=O)C(=O)N(C3CCCCC3)C2=O)cc1C. The maximum atomic E-state index is 12.7. The largest absolute Gasteiger partial charge is 0.334 e. The zero-order valence-electron chi connectivity index (χ0n) is 15.5. The van der Waals surface area contributed by atoms with Crippen LogP contribution < -0.4 is 0 Å². The molecule has 6 heteroatoms. The van der Waals surface area contributed by atoms with Gasteiger partial charge in [0.1, 0.15) is 0 Å². The molecule has 1 aliphatic carbocycles. The van der Waals surface area contributed by atoms with Crippen LogP contribution in [0.3, 0.4) is 0 Å². The second-order valence-electron chi connectivity index (χ2n) is 7.32. The van der Waals surface area contributed by atoms with Gasteiger partial charge in [-0.3, -0.25) is 19.3 Å². The van der Waals surface area contributed by atoms with Crippen molar-refractivity contribution < 1.29 is 19.2 Å². The van der Waals surface area contributed by atoms with Gasteiger partial charge >= 0.3 is 17.8 Å². The molecule has 2 aliphatic rings. The van der Waals surface area contributed by atoms with Gasteiger partial charge in [0, 0.05) is 11.6 Å². The lowest BCUT2D eigenvalue weighted by Gasteiger charge is -2.28. The van der Waals surface area contributed by atoms with Crippen LogP contribution in [-0.4, -0.2) is 46.0 Å². The molecule has 0 radical (unpaired) electrons. The number of rotatable bonds is 4. The minimum absolute atomic E-state index is 0.226. The van der Waals surface area contributed by atoms with Crippen LogP contribution in [0, 0.1) is 20.8 Å². The molecular weight excluding hydrogens is 332 g/mol. The molecule has 0 atom stereocenters. The number of hydrogen-bond acceptors (Lipinski definition) is 4. The van der Waals surface area contributed by atoms with E-state index in [9.17, 15) is 19.2 Å². The molecule has 138 valence electrons. The Hall–Kier alpha value is -2.50. The van der Waals surface area contributed by atoms with Crippen molar-refractivity contribution in [3.05, 3.63) is 34.4 Å². The van der Waals surface area contributed by atoms with Gasteiger partial charge in [-0.1, -0.05) is 25.3 Å². The zero-order chi connectivity index (χ0) is 19.0. The molecule has 1 aliphatic heterocycles. The molecule has 3 rings (SSSR count). The van der Waals surface area contributed by atoms with Crippen LogP contribution in [-0.2, 0) is 9.59 Å². The van der Waals surface area contributed by atoms with Gasteiger partial charge in [0.05, 0.1) is 6.54 Å². The number of nitrogens with zero attached hydrogens (tertiary/aromatic N) is 2. The van der Waals surface area contributed by atoms with Crippen molar-refractivity contribution in [3.63, 3.8) is 0 Å². The van der Waals surface area contributed by atoms with Gasteiger partial charge < -0.3 is 0 Å². The molecule has 26 heavy (non-hydrogen) atoms. The summed E-state index contributed by atoms with van der Waals surface area (Å²) in [6.45, 7) is 5.31. The summed E-state index contributed by atoms with van der Waals surface area (Å²) in [5.41, 5.74) is 3.33. The number of amides is 4. The topological polar surface area (TPSA) is 74.8 Å². The molecular formula is C20H24N2O4. The summed E-state index contributed by atoms with van der Waals surface area (Å²) < 4.78 is 0. The quantitative estimate of drug-likeness (QED) is 0.472. The number of Topliss-reactive ketones (excluding diaryl/α,β-unsaturated/α-hetero) is 1. The first kappa shape index (κ1) is 18.3. The fourth-order valence-corrected chi connectivity index (χ4v) is 3.81. The van der Waals surface area contributed by atoms with Gasteiger partial charge in [-0.2, -0.15) is 0 Å². The summed E-state index contributed by atoms with van der Waals surface area (Å²) in [7, 11) is 0. The van der Waals surface area contributed by atoms with Crippen molar-refractivity contribution in [2.45, 2.75) is 58.9 Å². The van der Waals surface area contributed by atoms with E-state index in [1.807, 2.05) is 26.8 Å². The summed E-state index contributed by atoms with van der Waals surface area (Å²) in [6.07, 6.45) is 4.41. The van der Waals surface area contributed by atoms with Crippen molar-refractivity contribution >= 4 is 23.6 Å². The molecule has 1 saturated carbocycles. The number of carbonyl (C=O) groups is 4. The predicted octanol–water partition coefficient (Wildman–Crippen LogP) is 2.92. The van der Waals surface area contributed by atoms with E-state index in [1.165, 1.54) is 0 Å². The van der Waals surface area contributed by atoms with E-state index in [-0.39, 0.29) is 11.8 Å². The van der Waals surface area contributed by atoms with Gasteiger partial charge in [0.2, 0.25) is 0 Å². The summed E-state index contributed by atoms with van der Waals surface area (Å²) in [6, 6.07) is 2.81. The van der Waals surface area contributed by atoms with Crippen molar-refractivity contribution in [2.24, 2.45) is 0 Å². The summed E-state index contributed by atoms with van der Waals surface area (Å²) >= 11 is 0. The lowest BCUT2D eigenvalue weighted by molar-refractivity contribution is -0.144. The Bertz CT molecular complexity index is 793.